The number of methoxy groups -OCH3 is 3. The summed E-state index contributed by atoms with van der Waals surface area (Å²) in [5, 5.41) is 2.91. The third kappa shape index (κ3) is 4.50. The van der Waals surface area contributed by atoms with E-state index in [2.05, 4.69) is 5.32 Å². The fourth-order valence-corrected chi connectivity index (χ4v) is 3.75. The van der Waals surface area contributed by atoms with E-state index in [0.717, 1.165) is 31.5 Å². The van der Waals surface area contributed by atoms with Crippen LogP contribution in [-0.4, -0.2) is 51.1 Å². The summed E-state index contributed by atoms with van der Waals surface area (Å²) in [4.78, 5) is 27.6. The zero-order chi connectivity index (χ0) is 21.7. The Labute approximate surface area is 176 Å². The second-order valence-corrected chi connectivity index (χ2v) is 7.26. The number of nitrogens with zero attached hydrogens (tertiary/aromatic N) is 1. The molecule has 2 aromatic carbocycles. The van der Waals surface area contributed by atoms with E-state index in [1.165, 1.54) is 21.3 Å². The Balaban J connectivity index is 1.82. The van der Waals surface area contributed by atoms with Gasteiger partial charge in [0, 0.05) is 13.1 Å². The van der Waals surface area contributed by atoms with Crippen LogP contribution in [0.1, 0.15) is 34.3 Å². The van der Waals surface area contributed by atoms with Crippen LogP contribution < -0.4 is 19.5 Å². The monoisotopic (exact) mass is 412 g/mol. The zero-order valence-electron chi connectivity index (χ0n) is 17.9. The van der Waals surface area contributed by atoms with Gasteiger partial charge in [-0.3, -0.25) is 9.59 Å². The van der Waals surface area contributed by atoms with Gasteiger partial charge in [0.1, 0.15) is 0 Å². The van der Waals surface area contributed by atoms with Crippen molar-refractivity contribution in [2.45, 2.75) is 26.2 Å². The molecule has 0 atom stereocenters. The lowest BCUT2D eigenvalue weighted by molar-refractivity contribution is -0.115. The molecule has 0 saturated carbocycles. The highest BCUT2D eigenvalue weighted by molar-refractivity contribution is 6.05. The fraction of sp³-hybridized carbons (Fsp3) is 0.391. The van der Waals surface area contributed by atoms with Crippen molar-refractivity contribution in [2.75, 3.05) is 39.7 Å². The van der Waals surface area contributed by atoms with E-state index in [9.17, 15) is 9.59 Å². The Kier molecular flexibility index (Phi) is 6.82. The van der Waals surface area contributed by atoms with E-state index in [1.54, 1.807) is 18.2 Å². The minimum atomic E-state index is -0.231. The largest absolute Gasteiger partial charge is 0.493 e. The Morgan fingerprint density at radius 3 is 2.20 bits per heavy atom. The average molecular weight is 412 g/mol. The van der Waals surface area contributed by atoms with Crippen LogP contribution in [0.4, 0.5) is 5.69 Å². The summed E-state index contributed by atoms with van der Waals surface area (Å²) in [6, 6.07) is 8.98. The molecule has 160 valence electrons. The number of likely N-dealkylation sites (tertiary alicyclic amines) is 1. The smallest absolute Gasteiger partial charge is 0.256 e. The van der Waals surface area contributed by atoms with Crippen molar-refractivity contribution < 1.29 is 23.8 Å². The predicted octanol–water partition coefficient (Wildman–Crippen LogP) is 3.44. The Morgan fingerprint density at radius 2 is 1.63 bits per heavy atom. The van der Waals surface area contributed by atoms with Crippen molar-refractivity contribution in [3.05, 3.63) is 47.0 Å². The van der Waals surface area contributed by atoms with Gasteiger partial charge in [0.25, 0.3) is 5.91 Å². The van der Waals surface area contributed by atoms with Gasteiger partial charge in [0.2, 0.25) is 11.7 Å². The van der Waals surface area contributed by atoms with E-state index >= 15 is 0 Å². The molecule has 1 aliphatic rings. The molecule has 1 saturated heterocycles. The number of nitrogens with one attached hydrogen (secondary N) is 1. The molecule has 0 aromatic heterocycles. The Morgan fingerprint density at radius 1 is 1.00 bits per heavy atom. The quantitative estimate of drug-likeness (QED) is 0.754. The summed E-state index contributed by atoms with van der Waals surface area (Å²) in [5.41, 5.74) is 2.64. The summed E-state index contributed by atoms with van der Waals surface area (Å²) in [7, 11) is 4.59. The molecule has 0 aliphatic carbocycles. The molecular formula is C23H28N2O5. The van der Waals surface area contributed by atoms with Crippen LogP contribution in [-0.2, 0) is 11.2 Å². The maximum absolute atomic E-state index is 13.0. The van der Waals surface area contributed by atoms with E-state index in [4.69, 9.17) is 14.2 Å². The van der Waals surface area contributed by atoms with Crippen LogP contribution in [0.25, 0.3) is 0 Å². The fourth-order valence-electron chi connectivity index (χ4n) is 3.75. The first kappa shape index (κ1) is 21.5. The van der Waals surface area contributed by atoms with Gasteiger partial charge in [0.05, 0.1) is 39.0 Å². The molecule has 0 unspecified atom stereocenters. The van der Waals surface area contributed by atoms with Crippen molar-refractivity contribution in [2.24, 2.45) is 0 Å². The number of hydrogen-bond acceptors (Lipinski definition) is 5. The van der Waals surface area contributed by atoms with Gasteiger partial charge in [0.15, 0.2) is 11.5 Å². The number of rotatable bonds is 7. The molecule has 1 N–H and O–H groups in total. The van der Waals surface area contributed by atoms with Crippen molar-refractivity contribution in [3.63, 3.8) is 0 Å². The third-order valence-corrected chi connectivity index (χ3v) is 5.24. The molecule has 1 fully saturated rings. The summed E-state index contributed by atoms with van der Waals surface area (Å²) >= 11 is 0. The highest BCUT2D eigenvalue weighted by atomic mass is 16.5. The molecule has 0 radical (unpaired) electrons. The number of hydrogen-bond donors (Lipinski definition) is 1. The number of amides is 2. The summed E-state index contributed by atoms with van der Waals surface area (Å²) in [6.07, 6.45) is 2.13. The topological polar surface area (TPSA) is 77.1 Å². The first-order chi connectivity index (χ1) is 14.5. The molecule has 3 rings (SSSR count). The van der Waals surface area contributed by atoms with Crippen LogP contribution >= 0.6 is 0 Å². The van der Waals surface area contributed by atoms with E-state index < -0.39 is 0 Å². The maximum atomic E-state index is 13.0. The van der Waals surface area contributed by atoms with E-state index in [1.807, 2.05) is 24.0 Å². The average Bonchev–Trinajstić information content (AvgIpc) is 3.27. The van der Waals surface area contributed by atoms with E-state index in [0.29, 0.717) is 34.1 Å². The van der Waals surface area contributed by atoms with Crippen LogP contribution in [0.3, 0.4) is 0 Å². The lowest BCUT2D eigenvalue weighted by atomic mass is 10.0. The first-order valence-corrected chi connectivity index (χ1v) is 9.96. The molecule has 2 amide bonds. The number of anilines is 1. The van der Waals surface area contributed by atoms with Crippen LogP contribution in [0.2, 0.25) is 0 Å². The molecule has 1 heterocycles. The first-order valence-electron chi connectivity index (χ1n) is 9.96. The standard InChI is InChI=1S/C23H28N2O5/c1-15-8-7-9-17(21(15)23(27)25-10-5-6-11-25)24-20(26)14-16-12-18(28-2)22(30-4)19(13-16)29-3/h7-9,12-13H,5-6,10-11,14H2,1-4H3,(H,24,26). The van der Waals surface area contributed by atoms with Crippen LogP contribution in [0, 0.1) is 6.92 Å². The SMILES string of the molecule is COc1cc(CC(=O)Nc2cccc(C)c2C(=O)N2CCCC2)cc(OC)c1OC. The van der Waals surface area contributed by atoms with Crippen molar-refractivity contribution >= 4 is 17.5 Å². The van der Waals surface area contributed by atoms with Gasteiger partial charge < -0.3 is 24.4 Å². The molecule has 0 bridgehead atoms. The summed E-state index contributed by atoms with van der Waals surface area (Å²) in [5.74, 6) is 1.18. The molecule has 30 heavy (non-hydrogen) atoms. The maximum Gasteiger partial charge on any atom is 0.256 e. The van der Waals surface area contributed by atoms with Crippen molar-refractivity contribution in [1.82, 2.24) is 4.90 Å². The molecular weight excluding hydrogens is 384 g/mol. The molecule has 1 aliphatic heterocycles. The zero-order valence-corrected chi connectivity index (χ0v) is 17.9. The lowest BCUT2D eigenvalue weighted by Gasteiger charge is -2.20. The number of ether oxygens (including phenoxy) is 3. The predicted molar refractivity (Wildman–Crippen MR) is 115 cm³/mol. The van der Waals surface area contributed by atoms with Gasteiger partial charge in [-0.15, -0.1) is 0 Å². The van der Waals surface area contributed by atoms with Gasteiger partial charge >= 0.3 is 0 Å². The molecule has 7 nitrogen and oxygen atoms in total. The van der Waals surface area contributed by atoms with Gasteiger partial charge in [-0.05, 0) is 49.1 Å². The minimum absolute atomic E-state index is 0.0336. The van der Waals surface area contributed by atoms with Crippen LogP contribution in [0.15, 0.2) is 30.3 Å². The minimum Gasteiger partial charge on any atom is -0.493 e. The number of carbonyl (C=O) groups excluding carboxylic acids is 2. The highest BCUT2D eigenvalue weighted by Crippen LogP contribution is 2.38. The number of benzene rings is 2. The molecule has 7 heteroatoms. The van der Waals surface area contributed by atoms with Gasteiger partial charge in [-0.1, -0.05) is 12.1 Å². The normalized spacial score (nSPS) is 13.1. The van der Waals surface area contributed by atoms with Gasteiger partial charge in [-0.2, -0.15) is 0 Å². The number of aryl methyl sites for hydroxylation is 1. The Hall–Kier alpha value is -3.22. The van der Waals surface area contributed by atoms with Crippen molar-refractivity contribution in [1.29, 1.82) is 0 Å². The van der Waals surface area contributed by atoms with Crippen molar-refractivity contribution in [3.8, 4) is 17.2 Å². The Bertz CT molecular complexity index is 910. The molecule has 2 aromatic rings. The third-order valence-electron chi connectivity index (χ3n) is 5.24. The summed E-state index contributed by atoms with van der Waals surface area (Å²) < 4.78 is 16.0. The highest BCUT2D eigenvalue weighted by Gasteiger charge is 2.24. The second kappa shape index (κ2) is 9.52. The van der Waals surface area contributed by atoms with Gasteiger partial charge in [-0.25, -0.2) is 0 Å². The van der Waals surface area contributed by atoms with Crippen LogP contribution in [0.5, 0.6) is 17.2 Å². The lowest BCUT2D eigenvalue weighted by Crippen LogP contribution is -2.29. The molecule has 0 spiro atoms. The second-order valence-electron chi connectivity index (χ2n) is 7.26. The summed E-state index contributed by atoms with van der Waals surface area (Å²) in [6.45, 7) is 3.40. The van der Waals surface area contributed by atoms with E-state index in [-0.39, 0.29) is 18.2 Å². The number of carbonyl (C=O) groups is 2.